The quantitative estimate of drug-likeness (QED) is 0.482. The Morgan fingerprint density at radius 2 is 1.96 bits per heavy atom. The van der Waals surface area contributed by atoms with Crippen molar-refractivity contribution in [3.05, 3.63) is 94.8 Å². The van der Waals surface area contributed by atoms with Crippen LogP contribution in [0.25, 0.3) is 5.69 Å². The van der Waals surface area contributed by atoms with Crippen LogP contribution >= 0.6 is 11.3 Å². The number of hydrogen-bond donors (Lipinski definition) is 0. The summed E-state index contributed by atoms with van der Waals surface area (Å²) < 4.78 is 7.23. The van der Waals surface area contributed by atoms with E-state index in [1.807, 2.05) is 71.1 Å². The molecule has 4 rings (SSSR count). The van der Waals surface area contributed by atoms with Gasteiger partial charge in [0.1, 0.15) is 5.76 Å². The lowest BCUT2D eigenvalue weighted by Gasteiger charge is -2.21. The molecular formula is C21H19N3O2S. The van der Waals surface area contributed by atoms with Crippen molar-refractivity contribution in [2.75, 3.05) is 0 Å². The first-order valence-corrected chi connectivity index (χ1v) is 9.57. The van der Waals surface area contributed by atoms with Gasteiger partial charge in [0, 0.05) is 11.1 Å². The monoisotopic (exact) mass is 377 g/mol. The fraction of sp³-hybridized carbons (Fsp3) is 0.143. The van der Waals surface area contributed by atoms with E-state index in [1.165, 1.54) is 0 Å². The summed E-state index contributed by atoms with van der Waals surface area (Å²) in [5.41, 5.74) is 1.86. The summed E-state index contributed by atoms with van der Waals surface area (Å²) in [4.78, 5) is 15.9. The fourth-order valence-corrected chi connectivity index (χ4v) is 3.59. The Balaban J connectivity index is 1.48. The average Bonchev–Trinajstić information content (AvgIpc) is 3.45. The van der Waals surface area contributed by atoms with Crippen LogP contribution in [0.4, 0.5) is 0 Å². The molecule has 0 saturated heterocycles. The standard InChI is InChI=1S/C21H19N3O2S/c25-21(12-17-13-22-24(14-17)18-6-2-1-3-7-18)23(15-19-8-4-10-26-19)16-20-9-5-11-27-20/h1-11,13-14H,12,15-16H2. The van der Waals surface area contributed by atoms with Crippen LogP contribution in [0.2, 0.25) is 0 Å². The highest BCUT2D eigenvalue weighted by Gasteiger charge is 2.18. The van der Waals surface area contributed by atoms with E-state index < -0.39 is 0 Å². The van der Waals surface area contributed by atoms with Crippen LogP contribution in [0.1, 0.15) is 16.2 Å². The maximum absolute atomic E-state index is 13.0. The molecule has 1 aromatic carbocycles. The molecule has 0 saturated carbocycles. The van der Waals surface area contributed by atoms with Crippen molar-refractivity contribution in [2.24, 2.45) is 0 Å². The van der Waals surface area contributed by atoms with Gasteiger partial charge in [-0.25, -0.2) is 4.68 Å². The van der Waals surface area contributed by atoms with Crippen LogP contribution in [0.5, 0.6) is 0 Å². The Hall–Kier alpha value is -3.12. The lowest BCUT2D eigenvalue weighted by Crippen LogP contribution is -2.31. The van der Waals surface area contributed by atoms with Crippen LogP contribution in [0.15, 0.2) is 83.1 Å². The number of para-hydroxylation sites is 1. The van der Waals surface area contributed by atoms with Crippen molar-refractivity contribution in [1.29, 1.82) is 0 Å². The van der Waals surface area contributed by atoms with E-state index in [9.17, 15) is 4.79 Å². The van der Waals surface area contributed by atoms with Gasteiger partial charge in [-0.05, 0) is 41.3 Å². The van der Waals surface area contributed by atoms with Gasteiger partial charge in [-0.3, -0.25) is 4.79 Å². The highest BCUT2D eigenvalue weighted by Crippen LogP contribution is 2.17. The summed E-state index contributed by atoms with van der Waals surface area (Å²) in [7, 11) is 0. The van der Waals surface area contributed by atoms with Crippen molar-refractivity contribution in [3.8, 4) is 5.69 Å². The van der Waals surface area contributed by atoms with E-state index >= 15 is 0 Å². The molecule has 0 unspecified atom stereocenters. The molecule has 0 fully saturated rings. The van der Waals surface area contributed by atoms with E-state index in [0.29, 0.717) is 19.5 Å². The smallest absolute Gasteiger partial charge is 0.227 e. The molecule has 0 radical (unpaired) electrons. The molecular weight excluding hydrogens is 358 g/mol. The summed E-state index contributed by atoms with van der Waals surface area (Å²) >= 11 is 1.65. The van der Waals surface area contributed by atoms with Crippen LogP contribution in [-0.2, 0) is 24.3 Å². The summed E-state index contributed by atoms with van der Waals surface area (Å²) in [6.45, 7) is 1.03. The second kappa shape index (κ2) is 8.05. The Kier molecular flexibility index (Phi) is 5.16. The lowest BCUT2D eigenvalue weighted by molar-refractivity contribution is -0.131. The minimum absolute atomic E-state index is 0.0485. The largest absolute Gasteiger partial charge is 0.467 e. The Bertz CT molecular complexity index is 940. The fourth-order valence-electron chi connectivity index (χ4n) is 2.87. The summed E-state index contributed by atoms with van der Waals surface area (Å²) in [6.07, 6.45) is 5.59. The molecule has 6 heteroatoms. The van der Waals surface area contributed by atoms with Gasteiger partial charge < -0.3 is 9.32 Å². The van der Waals surface area contributed by atoms with Gasteiger partial charge in [-0.15, -0.1) is 11.3 Å². The normalized spacial score (nSPS) is 10.8. The molecule has 0 atom stereocenters. The van der Waals surface area contributed by atoms with Gasteiger partial charge >= 0.3 is 0 Å². The Morgan fingerprint density at radius 1 is 1.07 bits per heavy atom. The molecule has 0 N–H and O–H groups in total. The van der Waals surface area contributed by atoms with Gasteiger partial charge in [0.15, 0.2) is 0 Å². The summed E-state index contributed by atoms with van der Waals surface area (Å²) in [5.74, 6) is 0.826. The summed E-state index contributed by atoms with van der Waals surface area (Å²) in [5, 5.41) is 6.40. The van der Waals surface area contributed by atoms with Gasteiger partial charge in [-0.1, -0.05) is 24.3 Å². The number of amides is 1. The highest BCUT2D eigenvalue weighted by atomic mass is 32.1. The van der Waals surface area contributed by atoms with E-state index in [2.05, 4.69) is 5.10 Å². The van der Waals surface area contributed by atoms with E-state index in [-0.39, 0.29) is 5.91 Å². The van der Waals surface area contributed by atoms with E-state index in [0.717, 1.165) is 21.9 Å². The van der Waals surface area contributed by atoms with Crippen molar-refractivity contribution in [3.63, 3.8) is 0 Å². The molecule has 27 heavy (non-hydrogen) atoms. The maximum Gasteiger partial charge on any atom is 0.227 e. The van der Waals surface area contributed by atoms with Crippen LogP contribution in [-0.4, -0.2) is 20.6 Å². The molecule has 136 valence electrons. The molecule has 0 bridgehead atoms. The number of aromatic nitrogens is 2. The number of thiophene rings is 1. The molecule has 5 nitrogen and oxygen atoms in total. The van der Waals surface area contributed by atoms with E-state index in [1.54, 1.807) is 28.5 Å². The third-order valence-corrected chi connectivity index (χ3v) is 5.08. The van der Waals surface area contributed by atoms with Crippen molar-refractivity contribution in [1.82, 2.24) is 14.7 Å². The van der Waals surface area contributed by atoms with Gasteiger partial charge in [-0.2, -0.15) is 5.10 Å². The Labute approximate surface area is 161 Å². The second-order valence-electron chi connectivity index (χ2n) is 6.21. The third kappa shape index (κ3) is 4.35. The minimum Gasteiger partial charge on any atom is -0.467 e. The van der Waals surface area contributed by atoms with Gasteiger partial charge in [0.05, 0.1) is 37.7 Å². The number of benzene rings is 1. The second-order valence-corrected chi connectivity index (χ2v) is 7.25. The zero-order valence-corrected chi connectivity index (χ0v) is 15.5. The lowest BCUT2D eigenvalue weighted by atomic mass is 10.2. The third-order valence-electron chi connectivity index (χ3n) is 4.22. The SMILES string of the molecule is O=C(Cc1cnn(-c2ccccc2)c1)N(Cc1ccco1)Cc1cccs1. The van der Waals surface area contributed by atoms with Crippen LogP contribution in [0.3, 0.4) is 0 Å². The number of rotatable bonds is 7. The van der Waals surface area contributed by atoms with Crippen molar-refractivity contribution >= 4 is 17.2 Å². The summed E-state index contributed by atoms with van der Waals surface area (Å²) in [6, 6.07) is 17.6. The zero-order valence-electron chi connectivity index (χ0n) is 14.7. The first-order chi connectivity index (χ1) is 13.3. The molecule has 0 aliphatic carbocycles. The van der Waals surface area contributed by atoms with Crippen LogP contribution in [0, 0.1) is 0 Å². The molecule has 1 amide bonds. The molecule has 4 aromatic rings. The molecule has 0 aliphatic heterocycles. The molecule has 3 aromatic heterocycles. The molecule has 0 aliphatic rings. The molecule has 3 heterocycles. The van der Waals surface area contributed by atoms with Gasteiger partial charge in [0.2, 0.25) is 5.91 Å². The minimum atomic E-state index is 0.0485. The molecule has 0 spiro atoms. The first-order valence-electron chi connectivity index (χ1n) is 8.69. The van der Waals surface area contributed by atoms with Crippen molar-refractivity contribution in [2.45, 2.75) is 19.5 Å². The van der Waals surface area contributed by atoms with E-state index in [4.69, 9.17) is 4.42 Å². The maximum atomic E-state index is 13.0. The predicted molar refractivity (Wildman–Crippen MR) is 105 cm³/mol. The van der Waals surface area contributed by atoms with Gasteiger partial charge in [0.25, 0.3) is 0 Å². The number of carbonyl (C=O) groups excluding carboxylic acids is 1. The highest BCUT2D eigenvalue weighted by molar-refractivity contribution is 7.09. The number of nitrogens with zero attached hydrogens (tertiary/aromatic N) is 3. The average molecular weight is 377 g/mol. The zero-order chi connectivity index (χ0) is 18.5. The number of furan rings is 1. The Morgan fingerprint density at radius 3 is 2.70 bits per heavy atom. The topological polar surface area (TPSA) is 51.3 Å². The number of carbonyl (C=O) groups is 1. The van der Waals surface area contributed by atoms with Crippen LogP contribution < -0.4 is 0 Å². The first kappa shape index (κ1) is 17.3. The van der Waals surface area contributed by atoms with Crippen molar-refractivity contribution < 1.29 is 9.21 Å². The number of hydrogen-bond acceptors (Lipinski definition) is 4. The predicted octanol–water partition coefficient (Wildman–Crippen LogP) is 4.30.